The molecule has 1 aromatic rings. The van der Waals surface area contributed by atoms with Gasteiger partial charge in [0.1, 0.15) is 0 Å². The van der Waals surface area contributed by atoms with Gasteiger partial charge in [-0.1, -0.05) is 6.42 Å². The van der Waals surface area contributed by atoms with Crippen molar-refractivity contribution in [2.75, 3.05) is 6.54 Å². The lowest BCUT2D eigenvalue weighted by molar-refractivity contribution is 0.0874. The van der Waals surface area contributed by atoms with Crippen LogP contribution in [0.25, 0.3) is 0 Å². The summed E-state index contributed by atoms with van der Waals surface area (Å²) in [4.78, 5) is 11.8. The minimum Gasteiger partial charge on any atom is -0.393 e. The Bertz CT molecular complexity index is 389. The third kappa shape index (κ3) is 3.30. The normalized spacial score (nSPS) is 24.6. The van der Waals surface area contributed by atoms with Gasteiger partial charge >= 0.3 is 0 Å². The molecular weight excluding hydrogens is 218 g/mol. The van der Waals surface area contributed by atoms with Gasteiger partial charge in [-0.2, -0.15) is 5.10 Å². The number of aliphatic hydroxyl groups excluding tert-OH is 1. The molecule has 1 heterocycles. The molecule has 0 saturated heterocycles. The topological polar surface area (TPSA) is 67.2 Å². The van der Waals surface area contributed by atoms with Crippen molar-refractivity contribution in [3.8, 4) is 0 Å². The van der Waals surface area contributed by atoms with Crippen molar-refractivity contribution >= 4 is 5.91 Å². The highest BCUT2D eigenvalue weighted by atomic mass is 16.3. The number of aryl methyl sites for hydroxylation is 1. The van der Waals surface area contributed by atoms with Gasteiger partial charge in [0.05, 0.1) is 17.9 Å². The summed E-state index contributed by atoms with van der Waals surface area (Å²) in [5, 5.41) is 16.4. The Balaban J connectivity index is 1.80. The number of hydrogen-bond donors (Lipinski definition) is 2. The van der Waals surface area contributed by atoms with E-state index in [1.54, 1.807) is 24.1 Å². The molecule has 0 radical (unpaired) electrons. The number of nitrogens with one attached hydrogen (secondary N) is 1. The smallest absolute Gasteiger partial charge is 0.254 e. The minimum absolute atomic E-state index is 0.0850. The van der Waals surface area contributed by atoms with Crippen molar-refractivity contribution in [2.45, 2.75) is 31.8 Å². The van der Waals surface area contributed by atoms with Crippen LogP contribution in [0.1, 0.15) is 36.0 Å². The van der Waals surface area contributed by atoms with Gasteiger partial charge in [0, 0.05) is 19.8 Å². The summed E-state index contributed by atoms with van der Waals surface area (Å²) < 4.78 is 1.61. The third-order valence-electron chi connectivity index (χ3n) is 3.27. The number of aliphatic hydroxyl groups is 1. The molecule has 1 aliphatic carbocycles. The zero-order valence-electron chi connectivity index (χ0n) is 10.1. The molecule has 1 amide bonds. The molecule has 0 aliphatic heterocycles. The molecule has 17 heavy (non-hydrogen) atoms. The number of rotatable bonds is 3. The van der Waals surface area contributed by atoms with Crippen LogP contribution in [0, 0.1) is 5.92 Å². The van der Waals surface area contributed by atoms with Crippen LogP contribution in [-0.2, 0) is 7.05 Å². The molecule has 2 unspecified atom stereocenters. The fourth-order valence-corrected chi connectivity index (χ4v) is 2.33. The van der Waals surface area contributed by atoms with E-state index in [-0.39, 0.29) is 12.0 Å². The van der Waals surface area contributed by atoms with Crippen LogP contribution in [0.4, 0.5) is 0 Å². The molecule has 5 nitrogen and oxygen atoms in total. The van der Waals surface area contributed by atoms with Crippen LogP contribution < -0.4 is 5.32 Å². The number of amides is 1. The highest BCUT2D eigenvalue weighted by molar-refractivity contribution is 5.93. The van der Waals surface area contributed by atoms with Gasteiger partial charge in [-0.25, -0.2) is 0 Å². The van der Waals surface area contributed by atoms with E-state index in [1.165, 1.54) is 0 Å². The van der Waals surface area contributed by atoms with Crippen molar-refractivity contribution in [2.24, 2.45) is 13.0 Å². The quantitative estimate of drug-likeness (QED) is 0.813. The second-order valence-corrected chi connectivity index (χ2v) is 4.80. The first kappa shape index (κ1) is 12.1. The molecule has 0 bridgehead atoms. The van der Waals surface area contributed by atoms with Gasteiger partial charge in [-0.05, 0) is 25.2 Å². The number of nitrogens with zero attached hydrogens (tertiary/aromatic N) is 2. The van der Waals surface area contributed by atoms with E-state index >= 15 is 0 Å². The third-order valence-corrected chi connectivity index (χ3v) is 3.27. The number of carbonyl (C=O) groups is 1. The molecule has 1 fully saturated rings. The summed E-state index contributed by atoms with van der Waals surface area (Å²) in [5.41, 5.74) is 0.587. The molecule has 2 atom stereocenters. The SMILES string of the molecule is Cn1cc(C(=O)NCC2CCCC(O)C2)cn1. The average Bonchev–Trinajstić information content (AvgIpc) is 2.73. The van der Waals surface area contributed by atoms with Gasteiger partial charge in [-0.3, -0.25) is 9.48 Å². The molecule has 1 aromatic heterocycles. The second kappa shape index (κ2) is 5.31. The number of carbonyl (C=O) groups excluding carboxylic acids is 1. The maximum atomic E-state index is 11.8. The second-order valence-electron chi connectivity index (χ2n) is 4.80. The fourth-order valence-electron chi connectivity index (χ4n) is 2.33. The lowest BCUT2D eigenvalue weighted by atomic mass is 9.87. The Hall–Kier alpha value is -1.36. The zero-order chi connectivity index (χ0) is 12.3. The van der Waals surface area contributed by atoms with E-state index in [2.05, 4.69) is 10.4 Å². The Morgan fingerprint density at radius 1 is 1.65 bits per heavy atom. The first-order valence-corrected chi connectivity index (χ1v) is 6.10. The van der Waals surface area contributed by atoms with Gasteiger partial charge in [0.15, 0.2) is 0 Å². The zero-order valence-corrected chi connectivity index (χ0v) is 10.1. The van der Waals surface area contributed by atoms with Gasteiger partial charge < -0.3 is 10.4 Å². The lowest BCUT2D eigenvalue weighted by Gasteiger charge is -2.25. The first-order valence-electron chi connectivity index (χ1n) is 6.10. The molecule has 5 heteroatoms. The summed E-state index contributed by atoms with van der Waals surface area (Å²) in [7, 11) is 1.79. The van der Waals surface area contributed by atoms with Gasteiger partial charge in [0.25, 0.3) is 5.91 Å². The monoisotopic (exact) mass is 237 g/mol. The van der Waals surface area contributed by atoms with Crippen LogP contribution in [0.5, 0.6) is 0 Å². The van der Waals surface area contributed by atoms with Crippen LogP contribution in [0.2, 0.25) is 0 Å². The van der Waals surface area contributed by atoms with Gasteiger partial charge in [-0.15, -0.1) is 0 Å². The Morgan fingerprint density at radius 2 is 2.47 bits per heavy atom. The maximum Gasteiger partial charge on any atom is 0.254 e. The molecule has 94 valence electrons. The summed E-state index contributed by atoms with van der Waals surface area (Å²) in [5.74, 6) is 0.317. The van der Waals surface area contributed by atoms with E-state index in [0.29, 0.717) is 18.0 Å². The highest BCUT2D eigenvalue weighted by Gasteiger charge is 2.20. The molecule has 2 N–H and O–H groups in total. The average molecular weight is 237 g/mol. The predicted molar refractivity (Wildman–Crippen MR) is 63.5 cm³/mol. The van der Waals surface area contributed by atoms with E-state index in [4.69, 9.17) is 0 Å². The minimum atomic E-state index is -0.191. The van der Waals surface area contributed by atoms with E-state index in [0.717, 1.165) is 25.7 Å². The fraction of sp³-hybridized carbons (Fsp3) is 0.667. The maximum absolute atomic E-state index is 11.8. The summed E-state index contributed by atoms with van der Waals surface area (Å²) in [6, 6.07) is 0. The van der Waals surface area contributed by atoms with E-state index in [1.807, 2.05) is 0 Å². The number of aromatic nitrogens is 2. The molecular formula is C12H19N3O2. The molecule has 0 spiro atoms. The lowest BCUT2D eigenvalue weighted by Crippen LogP contribution is -2.32. The van der Waals surface area contributed by atoms with Crippen molar-refractivity contribution in [1.82, 2.24) is 15.1 Å². The van der Waals surface area contributed by atoms with Crippen LogP contribution in [-0.4, -0.2) is 33.4 Å². The van der Waals surface area contributed by atoms with E-state index < -0.39 is 0 Å². The van der Waals surface area contributed by atoms with Crippen LogP contribution >= 0.6 is 0 Å². The summed E-state index contributed by atoms with van der Waals surface area (Å²) in [6.45, 7) is 0.644. The van der Waals surface area contributed by atoms with Crippen LogP contribution in [0.15, 0.2) is 12.4 Å². The molecule has 2 rings (SSSR count). The Kier molecular flexibility index (Phi) is 3.78. The first-order chi connectivity index (χ1) is 8.15. The standard InChI is InChI=1S/C12H19N3O2/c1-15-8-10(7-14-15)12(17)13-6-9-3-2-4-11(16)5-9/h7-9,11,16H,2-6H2,1H3,(H,13,17). The predicted octanol–water partition coefficient (Wildman–Crippen LogP) is 0.701. The number of hydrogen-bond acceptors (Lipinski definition) is 3. The van der Waals surface area contributed by atoms with E-state index in [9.17, 15) is 9.90 Å². The molecule has 0 aromatic carbocycles. The molecule has 1 aliphatic rings. The van der Waals surface area contributed by atoms with Crippen LogP contribution in [0.3, 0.4) is 0 Å². The molecule has 1 saturated carbocycles. The van der Waals surface area contributed by atoms with Gasteiger partial charge in [0.2, 0.25) is 0 Å². The van der Waals surface area contributed by atoms with Crippen molar-refractivity contribution < 1.29 is 9.90 Å². The Morgan fingerprint density at radius 3 is 3.12 bits per heavy atom. The Labute approximate surface area is 101 Å². The van der Waals surface area contributed by atoms with Crippen molar-refractivity contribution in [3.63, 3.8) is 0 Å². The highest BCUT2D eigenvalue weighted by Crippen LogP contribution is 2.23. The van der Waals surface area contributed by atoms with Crippen molar-refractivity contribution in [1.29, 1.82) is 0 Å². The summed E-state index contributed by atoms with van der Waals surface area (Å²) >= 11 is 0. The summed E-state index contributed by atoms with van der Waals surface area (Å²) in [6.07, 6.45) is 6.90. The largest absolute Gasteiger partial charge is 0.393 e. The van der Waals surface area contributed by atoms with Crippen molar-refractivity contribution in [3.05, 3.63) is 18.0 Å².